The Kier molecular flexibility index (Phi) is 10.8. The lowest BCUT2D eigenvalue weighted by atomic mass is 10.1. The van der Waals surface area contributed by atoms with Crippen LogP contribution in [0.25, 0.3) is 0 Å². The van der Waals surface area contributed by atoms with E-state index in [1.54, 1.807) is 0 Å². The Bertz CT molecular complexity index is 167. The lowest BCUT2D eigenvalue weighted by Gasteiger charge is -2.21. The van der Waals surface area contributed by atoms with Crippen molar-refractivity contribution in [2.45, 2.75) is 32.9 Å². The van der Waals surface area contributed by atoms with Gasteiger partial charge >= 0.3 is 0 Å². The highest BCUT2D eigenvalue weighted by molar-refractivity contribution is 4.71. The minimum atomic E-state index is -0.551. The van der Waals surface area contributed by atoms with E-state index in [1.165, 1.54) is 0 Å². The van der Waals surface area contributed by atoms with Crippen molar-refractivity contribution in [2.24, 2.45) is 5.92 Å². The van der Waals surface area contributed by atoms with Gasteiger partial charge in [0.05, 0.1) is 32.5 Å². The van der Waals surface area contributed by atoms with Crippen LogP contribution < -0.4 is 5.32 Å². The molecule has 0 aromatic carbocycles. The highest BCUT2D eigenvalue weighted by Crippen LogP contribution is 2.00. The summed E-state index contributed by atoms with van der Waals surface area (Å²) in [5.41, 5.74) is 0. The molecule has 0 aliphatic carbocycles. The van der Waals surface area contributed by atoms with Crippen molar-refractivity contribution in [1.82, 2.24) is 5.32 Å². The molecule has 0 heterocycles. The number of nitrogens with one attached hydrogen (secondary N) is 1. The molecule has 17 heavy (non-hydrogen) atoms. The standard InChI is InChI=1S/C12H27NO4/c1-4-16-5-6-17-9-11(15)7-13-12(8-14)10(2)3/h10-15H,4-9H2,1-3H3/t11?,12-/m1/s1. The Morgan fingerprint density at radius 1 is 1.18 bits per heavy atom. The first-order valence-electron chi connectivity index (χ1n) is 6.29. The van der Waals surface area contributed by atoms with Crippen molar-refractivity contribution in [3.63, 3.8) is 0 Å². The molecular weight excluding hydrogens is 222 g/mol. The van der Waals surface area contributed by atoms with E-state index in [1.807, 2.05) is 20.8 Å². The molecule has 0 saturated carbocycles. The maximum absolute atomic E-state index is 9.62. The molecule has 0 aliphatic rings. The maximum Gasteiger partial charge on any atom is 0.0897 e. The van der Waals surface area contributed by atoms with E-state index in [4.69, 9.17) is 14.6 Å². The molecule has 5 nitrogen and oxygen atoms in total. The first-order chi connectivity index (χ1) is 8.11. The summed E-state index contributed by atoms with van der Waals surface area (Å²) in [6.07, 6.45) is -0.551. The molecule has 0 bridgehead atoms. The second-order valence-corrected chi connectivity index (χ2v) is 4.37. The average Bonchev–Trinajstić information content (AvgIpc) is 2.29. The average molecular weight is 249 g/mol. The second kappa shape index (κ2) is 10.9. The summed E-state index contributed by atoms with van der Waals surface area (Å²) in [5.74, 6) is 0.339. The van der Waals surface area contributed by atoms with Gasteiger partial charge < -0.3 is 25.0 Å². The van der Waals surface area contributed by atoms with E-state index in [0.29, 0.717) is 32.3 Å². The van der Waals surface area contributed by atoms with Gasteiger partial charge in [-0.15, -0.1) is 0 Å². The molecule has 2 atom stereocenters. The summed E-state index contributed by atoms with van der Waals surface area (Å²) in [6, 6.07) is 0.0214. The van der Waals surface area contributed by atoms with Crippen molar-refractivity contribution in [3.05, 3.63) is 0 Å². The number of aliphatic hydroxyl groups excluding tert-OH is 2. The quantitative estimate of drug-likeness (QED) is 0.450. The van der Waals surface area contributed by atoms with Gasteiger partial charge in [-0.05, 0) is 12.8 Å². The first-order valence-corrected chi connectivity index (χ1v) is 6.29. The van der Waals surface area contributed by atoms with Crippen molar-refractivity contribution < 1.29 is 19.7 Å². The number of hydrogen-bond acceptors (Lipinski definition) is 5. The molecule has 0 rings (SSSR count). The Labute approximate surface area is 104 Å². The van der Waals surface area contributed by atoms with E-state index < -0.39 is 6.10 Å². The van der Waals surface area contributed by atoms with Gasteiger partial charge in [-0.3, -0.25) is 0 Å². The summed E-state index contributed by atoms with van der Waals surface area (Å²) >= 11 is 0. The predicted molar refractivity (Wildman–Crippen MR) is 67.0 cm³/mol. The van der Waals surface area contributed by atoms with Crippen LogP contribution in [0, 0.1) is 5.92 Å². The molecule has 0 fully saturated rings. The molecule has 0 amide bonds. The van der Waals surface area contributed by atoms with Gasteiger partial charge in [-0.1, -0.05) is 13.8 Å². The van der Waals surface area contributed by atoms with Gasteiger partial charge in [0.15, 0.2) is 0 Å². The van der Waals surface area contributed by atoms with Crippen LogP contribution in [-0.4, -0.2) is 61.9 Å². The Balaban J connectivity index is 3.48. The van der Waals surface area contributed by atoms with Crippen LogP contribution in [0.4, 0.5) is 0 Å². The molecule has 0 saturated heterocycles. The molecule has 0 aromatic rings. The third-order valence-electron chi connectivity index (χ3n) is 2.50. The monoisotopic (exact) mass is 249 g/mol. The largest absolute Gasteiger partial charge is 0.395 e. The summed E-state index contributed by atoms with van der Waals surface area (Å²) in [4.78, 5) is 0. The van der Waals surface area contributed by atoms with Crippen LogP contribution in [0.3, 0.4) is 0 Å². The van der Waals surface area contributed by atoms with E-state index in [2.05, 4.69) is 5.32 Å². The summed E-state index contributed by atoms with van der Waals surface area (Å²) in [7, 11) is 0. The minimum absolute atomic E-state index is 0.0214. The van der Waals surface area contributed by atoms with Crippen molar-refractivity contribution in [2.75, 3.05) is 39.6 Å². The first kappa shape index (κ1) is 16.8. The lowest BCUT2D eigenvalue weighted by molar-refractivity contribution is 0.00459. The summed E-state index contributed by atoms with van der Waals surface area (Å²) < 4.78 is 10.4. The number of ether oxygens (including phenoxy) is 2. The lowest BCUT2D eigenvalue weighted by Crippen LogP contribution is -2.42. The van der Waals surface area contributed by atoms with E-state index in [9.17, 15) is 5.11 Å². The fourth-order valence-corrected chi connectivity index (χ4v) is 1.34. The van der Waals surface area contributed by atoms with Gasteiger partial charge in [0.25, 0.3) is 0 Å². The molecule has 5 heteroatoms. The Morgan fingerprint density at radius 2 is 1.82 bits per heavy atom. The molecule has 0 spiro atoms. The second-order valence-electron chi connectivity index (χ2n) is 4.37. The topological polar surface area (TPSA) is 71.0 Å². The number of hydrogen-bond donors (Lipinski definition) is 3. The maximum atomic E-state index is 9.62. The third kappa shape index (κ3) is 9.50. The van der Waals surface area contributed by atoms with Crippen LogP contribution in [0.2, 0.25) is 0 Å². The highest BCUT2D eigenvalue weighted by Gasteiger charge is 2.13. The zero-order chi connectivity index (χ0) is 13.1. The van der Waals surface area contributed by atoms with Gasteiger partial charge in [-0.25, -0.2) is 0 Å². The van der Waals surface area contributed by atoms with Crippen molar-refractivity contribution in [3.8, 4) is 0 Å². The zero-order valence-electron chi connectivity index (χ0n) is 11.2. The van der Waals surface area contributed by atoms with Crippen LogP contribution in [0.5, 0.6) is 0 Å². The van der Waals surface area contributed by atoms with Crippen molar-refractivity contribution >= 4 is 0 Å². The molecule has 0 aromatic heterocycles. The molecule has 0 aliphatic heterocycles. The SMILES string of the molecule is CCOCCOCC(O)CN[C@H](CO)C(C)C. The smallest absolute Gasteiger partial charge is 0.0897 e. The Morgan fingerprint density at radius 3 is 2.35 bits per heavy atom. The van der Waals surface area contributed by atoms with Crippen LogP contribution in [0.15, 0.2) is 0 Å². The van der Waals surface area contributed by atoms with E-state index in [0.717, 1.165) is 0 Å². The number of aliphatic hydroxyl groups is 2. The number of rotatable bonds is 11. The van der Waals surface area contributed by atoms with Gasteiger partial charge in [0.1, 0.15) is 0 Å². The Hall–Kier alpha value is -0.200. The summed E-state index contributed by atoms with van der Waals surface area (Å²) in [6.45, 7) is 8.52. The molecule has 1 unspecified atom stereocenters. The van der Waals surface area contributed by atoms with E-state index >= 15 is 0 Å². The minimum Gasteiger partial charge on any atom is -0.395 e. The molecule has 104 valence electrons. The fourth-order valence-electron chi connectivity index (χ4n) is 1.34. The third-order valence-corrected chi connectivity index (χ3v) is 2.50. The fraction of sp³-hybridized carbons (Fsp3) is 1.00. The van der Waals surface area contributed by atoms with Crippen molar-refractivity contribution in [1.29, 1.82) is 0 Å². The van der Waals surface area contributed by atoms with Crippen LogP contribution in [0.1, 0.15) is 20.8 Å². The van der Waals surface area contributed by atoms with Gasteiger partial charge in [-0.2, -0.15) is 0 Å². The molecule has 3 N–H and O–H groups in total. The normalized spacial score (nSPS) is 15.2. The predicted octanol–water partition coefficient (Wildman–Crippen LogP) is 0.00690. The van der Waals surface area contributed by atoms with Crippen LogP contribution >= 0.6 is 0 Å². The van der Waals surface area contributed by atoms with E-state index in [-0.39, 0.29) is 19.3 Å². The zero-order valence-corrected chi connectivity index (χ0v) is 11.2. The van der Waals surface area contributed by atoms with Gasteiger partial charge in [0, 0.05) is 19.2 Å². The molecule has 0 radical (unpaired) electrons. The summed E-state index contributed by atoms with van der Waals surface area (Å²) in [5, 5.41) is 21.8. The van der Waals surface area contributed by atoms with Crippen LogP contribution in [-0.2, 0) is 9.47 Å². The van der Waals surface area contributed by atoms with Gasteiger partial charge in [0.2, 0.25) is 0 Å². The highest BCUT2D eigenvalue weighted by atomic mass is 16.5. The molecular formula is C12H27NO4.